The van der Waals surface area contributed by atoms with Crippen molar-refractivity contribution in [3.8, 4) is 0 Å². The zero-order valence-corrected chi connectivity index (χ0v) is 7.84. The van der Waals surface area contributed by atoms with Crippen molar-refractivity contribution in [2.45, 2.75) is 26.7 Å². The van der Waals surface area contributed by atoms with Crippen molar-refractivity contribution in [2.24, 2.45) is 5.41 Å². The highest BCUT2D eigenvalue weighted by atomic mass is 16.4. The number of carbonyl (C=O) groups is 1. The highest BCUT2D eigenvalue weighted by molar-refractivity contribution is 5.74. The van der Waals surface area contributed by atoms with Gasteiger partial charge in [-0.3, -0.25) is 4.79 Å². The minimum Gasteiger partial charge on any atom is -0.481 e. The summed E-state index contributed by atoms with van der Waals surface area (Å²) in [7, 11) is 0. The monoisotopic (exact) mass is 171 g/mol. The van der Waals surface area contributed by atoms with Crippen LogP contribution in [0.5, 0.6) is 0 Å². The summed E-state index contributed by atoms with van der Waals surface area (Å²) >= 11 is 0. The van der Waals surface area contributed by atoms with E-state index in [1.54, 1.807) is 0 Å². The van der Waals surface area contributed by atoms with Crippen molar-refractivity contribution in [3.63, 3.8) is 0 Å². The van der Waals surface area contributed by atoms with Crippen LogP contribution in [0.1, 0.15) is 26.7 Å². The van der Waals surface area contributed by atoms with E-state index < -0.39 is 11.4 Å². The summed E-state index contributed by atoms with van der Waals surface area (Å²) in [6.07, 6.45) is 1.90. The first-order valence-electron chi connectivity index (χ1n) is 4.54. The molecule has 1 saturated heterocycles. The first kappa shape index (κ1) is 9.52. The zero-order valence-electron chi connectivity index (χ0n) is 7.84. The van der Waals surface area contributed by atoms with E-state index in [1.165, 1.54) is 0 Å². The summed E-state index contributed by atoms with van der Waals surface area (Å²) in [5.74, 6) is -0.652. The molecule has 3 nitrogen and oxygen atoms in total. The molecule has 0 bridgehead atoms. The molecule has 1 atom stereocenters. The third-order valence-corrected chi connectivity index (χ3v) is 2.61. The molecule has 1 aliphatic heterocycles. The molecule has 0 radical (unpaired) electrons. The van der Waals surface area contributed by atoms with Gasteiger partial charge < -0.3 is 10.0 Å². The Kier molecular flexibility index (Phi) is 2.73. The Balaban J connectivity index is 2.49. The highest BCUT2D eigenvalue weighted by Gasteiger charge is 2.39. The van der Waals surface area contributed by atoms with Gasteiger partial charge in [0.15, 0.2) is 0 Å². The third-order valence-electron chi connectivity index (χ3n) is 2.61. The van der Waals surface area contributed by atoms with E-state index in [1.807, 2.05) is 6.92 Å². The fourth-order valence-corrected chi connectivity index (χ4v) is 1.74. The lowest BCUT2D eigenvalue weighted by Crippen LogP contribution is -2.31. The molecule has 0 aromatic carbocycles. The molecule has 0 aromatic heterocycles. The van der Waals surface area contributed by atoms with E-state index in [0.717, 1.165) is 32.5 Å². The molecule has 0 aliphatic carbocycles. The lowest BCUT2D eigenvalue weighted by atomic mass is 9.90. The van der Waals surface area contributed by atoms with Gasteiger partial charge in [-0.15, -0.1) is 0 Å². The van der Waals surface area contributed by atoms with E-state index in [2.05, 4.69) is 11.8 Å². The van der Waals surface area contributed by atoms with Gasteiger partial charge in [0.25, 0.3) is 0 Å². The maximum absolute atomic E-state index is 10.8. The molecular weight excluding hydrogens is 154 g/mol. The molecule has 0 spiro atoms. The number of nitrogens with zero attached hydrogens (tertiary/aromatic N) is 1. The lowest BCUT2D eigenvalue weighted by Gasteiger charge is -2.19. The Labute approximate surface area is 73.4 Å². The van der Waals surface area contributed by atoms with Gasteiger partial charge in [-0.2, -0.15) is 0 Å². The number of hydrogen-bond acceptors (Lipinski definition) is 2. The van der Waals surface area contributed by atoms with Gasteiger partial charge in [-0.1, -0.05) is 6.92 Å². The molecule has 70 valence electrons. The molecule has 1 unspecified atom stereocenters. The van der Waals surface area contributed by atoms with E-state index in [4.69, 9.17) is 5.11 Å². The average Bonchev–Trinajstić information content (AvgIpc) is 2.34. The number of carboxylic acid groups (broad SMARTS) is 1. The van der Waals surface area contributed by atoms with Crippen LogP contribution in [-0.2, 0) is 4.79 Å². The Bertz CT molecular complexity index is 181. The first-order chi connectivity index (χ1) is 5.58. The van der Waals surface area contributed by atoms with Crippen molar-refractivity contribution >= 4 is 5.97 Å². The number of hydrogen-bond donors (Lipinski definition) is 1. The minimum atomic E-state index is -0.652. The standard InChI is InChI=1S/C9H17NO2/c1-3-5-10-6-4-9(2,7-10)8(11)12/h3-7H2,1-2H3,(H,11,12). The lowest BCUT2D eigenvalue weighted by molar-refractivity contribution is -0.147. The predicted molar refractivity (Wildman–Crippen MR) is 47.1 cm³/mol. The van der Waals surface area contributed by atoms with Gasteiger partial charge >= 0.3 is 5.97 Å². The third kappa shape index (κ3) is 1.78. The largest absolute Gasteiger partial charge is 0.481 e. The van der Waals surface area contributed by atoms with Crippen LogP contribution in [0, 0.1) is 5.41 Å². The molecule has 0 aromatic rings. The summed E-state index contributed by atoms with van der Waals surface area (Å²) in [4.78, 5) is 13.1. The molecule has 0 saturated carbocycles. The summed E-state index contributed by atoms with van der Waals surface area (Å²) in [5, 5.41) is 8.93. The van der Waals surface area contributed by atoms with E-state index in [-0.39, 0.29) is 0 Å². The molecule has 1 N–H and O–H groups in total. The SMILES string of the molecule is CCCN1CCC(C)(C(=O)O)C1. The van der Waals surface area contributed by atoms with Gasteiger partial charge in [0.1, 0.15) is 0 Å². The predicted octanol–water partition coefficient (Wildman–Crippen LogP) is 1.19. The first-order valence-corrected chi connectivity index (χ1v) is 4.54. The van der Waals surface area contributed by atoms with Gasteiger partial charge in [-0.25, -0.2) is 0 Å². The summed E-state index contributed by atoms with van der Waals surface area (Å²) in [5.41, 5.74) is -0.491. The molecule has 1 fully saturated rings. The van der Waals surface area contributed by atoms with Crippen LogP contribution < -0.4 is 0 Å². The maximum atomic E-state index is 10.8. The Morgan fingerprint density at radius 1 is 1.67 bits per heavy atom. The van der Waals surface area contributed by atoms with E-state index >= 15 is 0 Å². The van der Waals surface area contributed by atoms with Gasteiger partial charge in [0.05, 0.1) is 5.41 Å². The van der Waals surface area contributed by atoms with E-state index in [9.17, 15) is 4.79 Å². The summed E-state index contributed by atoms with van der Waals surface area (Å²) in [6.45, 7) is 6.65. The minimum absolute atomic E-state index is 0.491. The van der Waals surface area contributed by atoms with Crippen molar-refractivity contribution in [1.82, 2.24) is 4.90 Å². The molecule has 12 heavy (non-hydrogen) atoms. The van der Waals surface area contributed by atoms with Crippen LogP contribution >= 0.6 is 0 Å². The summed E-state index contributed by atoms with van der Waals surface area (Å²) in [6, 6.07) is 0. The number of likely N-dealkylation sites (tertiary alicyclic amines) is 1. The van der Waals surface area contributed by atoms with Crippen molar-refractivity contribution in [3.05, 3.63) is 0 Å². The second-order valence-electron chi connectivity index (χ2n) is 3.89. The van der Waals surface area contributed by atoms with Gasteiger partial charge in [0.2, 0.25) is 0 Å². The average molecular weight is 171 g/mol. The summed E-state index contributed by atoms with van der Waals surface area (Å²) < 4.78 is 0. The second kappa shape index (κ2) is 3.44. The van der Waals surface area contributed by atoms with Crippen LogP contribution in [-0.4, -0.2) is 35.6 Å². The fourth-order valence-electron chi connectivity index (χ4n) is 1.74. The number of rotatable bonds is 3. The quantitative estimate of drug-likeness (QED) is 0.693. The Morgan fingerprint density at radius 2 is 2.33 bits per heavy atom. The molecule has 1 rings (SSSR count). The van der Waals surface area contributed by atoms with Gasteiger partial charge in [-0.05, 0) is 32.9 Å². The van der Waals surface area contributed by atoms with Crippen LogP contribution in [0.4, 0.5) is 0 Å². The Morgan fingerprint density at radius 3 is 2.75 bits per heavy atom. The van der Waals surface area contributed by atoms with Crippen LogP contribution in [0.2, 0.25) is 0 Å². The maximum Gasteiger partial charge on any atom is 0.310 e. The van der Waals surface area contributed by atoms with Crippen LogP contribution in [0.15, 0.2) is 0 Å². The topological polar surface area (TPSA) is 40.5 Å². The molecular formula is C9H17NO2. The number of carboxylic acids is 1. The molecule has 1 aliphatic rings. The van der Waals surface area contributed by atoms with E-state index in [0.29, 0.717) is 0 Å². The molecule has 3 heteroatoms. The number of aliphatic carboxylic acids is 1. The highest BCUT2D eigenvalue weighted by Crippen LogP contribution is 2.29. The molecule has 1 heterocycles. The molecule has 0 amide bonds. The second-order valence-corrected chi connectivity index (χ2v) is 3.89. The fraction of sp³-hybridized carbons (Fsp3) is 0.889. The normalized spacial score (nSPS) is 30.8. The van der Waals surface area contributed by atoms with Crippen molar-refractivity contribution in [2.75, 3.05) is 19.6 Å². The Hall–Kier alpha value is -0.570. The zero-order chi connectivity index (χ0) is 9.19. The smallest absolute Gasteiger partial charge is 0.310 e. The van der Waals surface area contributed by atoms with Gasteiger partial charge in [0, 0.05) is 6.54 Å². The van der Waals surface area contributed by atoms with Crippen LogP contribution in [0.3, 0.4) is 0 Å². The van der Waals surface area contributed by atoms with Crippen molar-refractivity contribution < 1.29 is 9.90 Å². The van der Waals surface area contributed by atoms with Crippen LogP contribution in [0.25, 0.3) is 0 Å². The van der Waals surface area contributed by atoms with Crippen molar-refractivity contribution in [1.29, 1.82) is 0 Å².